The molecular weight excluding hydrogens is 267 g/mol. The van der Waals surface area contributed by atoms with Crippen molar-refractivity contribution in [2.75, 3.05) is 25.0 Å². The summed E-state index contributed by atoms with van der Waals surface area (Å²) >= 11 is 0. The van der Waals surface area contributed by atoms with Crippen LogP contribution in [0.25, 0.3) is 0 Å². The molecule has 0 saturated carbocycles. The quantitative estimate of drug-likeness (QED) is 0.846. The number of hydrogen-bond acceptors (Lipinski definition) is 2. The summed E-state index contributed by atoms with van der Waals surface area (Å²) in [6.45, 7) is 3.35. The van der Waals surface area contributed by atoms with Crippen molar-refractivity contribution < 1.29 is 9.18 Å². The summed E-state index contributed by atoms with van der Waals surface area (Å²) in [5, 5.41) is 2.79. The van der Waals surface area contributed by atoms with Crippen molar-refractivity contribution in [3.63, 3.8) is 0 Å². The van der Waals surface area contributed by atoms with Crippen molar-refractivity contribution in [2.24, 2.45) is 5.92 Å². The lowest BCUT2D eigenvalue weighted by Crippen LogP contribution is -2.41. The first-order valence-corrected chi connectivity index (χ1v) is 7.20. The Morgan fingerprint density at radius 3 is 2.81 bits per heavy atom. The van der Waals surface area contributed by atoms with Crippen LogP contribution in [0.3, 0.4) is 0 Å². The number of carbonyl (C=O) groups is 1. The summed E-state index contributed by atoms with van der Waals surface area (Å²) in [6, 6.07) is 5.86. The number of nitrogens with one attached hydrogen (secondary N) is 1. The van der Waals surface area contributed by atoms with E-state index in [0.29, 0.717) is 11.6 Å². The molecule has 2 saturated heterocycles. The Balaban J connectivity index is 0.00000161. The molecule has 1 aromatic carbocycles. The maximum atomic E-state index is 12.8. The van der Waals surface area contributed by atoms with Crippen LogP contribution in [0.1, 0.15) is 26.7 Å². The summed E-state index contributed by atoms with van der Waals surface area (Å²) in [5.41, 5.74) is 1.90. The second kappa shape index (κ2) is 6.85. The van der Waals surface area contributed by atoms with E-state index in [1.165, 1.54) is 37.1 Å². The first-order chi connectivity index (χ1) is 9.70. The molecule has 0 spiro atoms. The lowest BCUT2D eigenvalue weighted by molar-refractivity contribution is -0.112. The summed E-state index contributed by atoms with van der Waals surface area (Å²) in [4.78, 5) is 14.5. The van der Waals surface area contributed by atoms with Crippen LogP contribution in [-0.2, 0) is 4.79 Å². The fourth-order valence-electron chi connectivity index (χ4n) is 3.12. The molecule has 2 bridgehead atoms. The van der Waals surface area contributed by atoms with E-state index in [2.05, 4.69) is 10.2 Å². The van der Waals surface area contributed by atoms with E-state index in [9.17, 15) is 9.18 Å². The molecule has 2 atom stereocenters. The predicted molar refractivity (Wildman–Crippen MR) is 83.6 cm³/mol. The van der Waals surface area contributed by atoms with Crippen LogP contribution in [0.15, 0.2) is 35.9 Å². The molecule has 1 amide bonds. The number of carbonyl (C=O) groups excluding carboxylic acids is 1. The van der Waals surface area contributed by atoms with Gasteiger partial charge in [-0.15, -0.1) is 0 Å². The minimum absolute atomic E-state index is 0. The second-order valence-corrected chi connectivity index (χ2v) is 5.61. The Morgan fingerprint density at radius 2 is 2.05 bits per heavy atom. The Bertz CT molecular complexity index is 524. The Morgan fingerprint density at radius 1 is 1.29 bits per heavy atom. The normalized spacial score (nSPS) is 26.0. The summed E-state index contributed by atoms with van der Waals surface area (Å²) in [6.07, 6.45) is 5.14. The van der Waals surface area contributed by atoms with Gasteiger partial charge in [-0.2, -0.15) is 0 Å². The zero-order valence-electron chi connectivity index (χ0n) is 11.4. The van der Waals surface area contributed by atoms with E-state index in [-0.39, 0.29) is 19.2 Å². The Kier molecular flexibility index (Phi) is 5.12. The van der Waals surface area contributed by atoms with Gasteiger partial charge in [-0.05, 0) is 56.0 Å². The van der Waals surface area contributed by atoms with Gasteiger partial charge < -0.3 is 10.2 Å². The second-order valence-electron chi connectivity index (χ2n) is 5.61. The number of halogens is 1. The molecule has 2 aliphatic heterocycles. The number of piperidine rings is 2. The number of benzene rings is 1. The lowest BCUT2D eigenvalue weighted by atomic mass is 9.84. The zero-order valence-corrected chi connectivity index (χ0v) is 11.4. The van der Waals surface area contributed by atoms with E-state index in [0.717, 1.165) is 19.5 Å². The molecule has 114 valence electrons. The number of anilines is 1. The van der Waals surface area contributed by atoms with E-state index in [1.807, 2.05) is 0 Å². The Labute approximate surface area is 125 Å². The van der Waals surface area contributed by atoms with Crippen LogP contribution in [0, 0.1) is 11.7 Å². The molecule has 3 nitrogen and oxygen atoms in total. The van der Waals surface area contributed by atoms with E-state index in [4.69, 9.17) is 0 Å². The minimum atomic E-state index is -0.295. The molecule has 2 heterocycles. The molecular formula is C17H23FN2O. The highest BCUT2D eigenvalue weighted by Crippen LogP contribution is 2.30. The van der Waals surface area contributed by atoms with Gasteiger partial charge in [0, 0.05) is 24.9 Å². The van der Waals surface area contributed by atoms with Crippen LogP contribution in [0.2, 0.25) is 0 Å². The Hall–Kier alpha value is -1.68. The number of fused-ring (bicyclic) bond motifs is 2. The van der Waals surface area contributed by atoms with Gasteiger partial charge in [0.2, 0.25) is 5.91 Å². The molecule has 2 aliphatic rings. The first kappa shape index (κ1) is 15.7. The highest BCUT2D eigenvalue weighted by atomic mass is 19.1. The minimum Gasteiger partial charge on any atom is -0.323 e. The van der Waals surface area contributed by atoms with Crippen molar-refractivity contribution in [2.45, 2.75) is 26.7 Å². The molecule has 1 N–H and O–H groups in total. The molecule has 0 radical (unpaired) electrons. The highest BCUT2D eigenvalue weighted by Gasteiger charge is 2.27. The summed E-state index contributed by atoms with van der Waals surface area (Å²) in [7, 11) is 0. The van der Waals surface area contributed by atoms with Crippen LogP contribution < -0.4 is 5.32 Å². The van der Waals surface area contributed by atoms with E-state index < -0.39 is 0 Å². The van der Waals surface area contributed by atoms with E-state index in [1.54, 1.807) is 18.2 Å². The fourth-order valence-corrected chi connectivity index (χ4v) is 3.12. The third-order valence-corrected chi connectivity index (χ3v) is 4.17. The van der Waals surface area contributed by atoms with Crippen LogP contribution in [0.5, 0.6) is 0 Å². The van der Waals surface area contributed by atoms with Crippen molar-refractivity contribution in [1.29, 1.82) is 0 Å². The number of amides is 1. The number of hydrogen-bond donors (Lipinski definition) is 1. The topological polar surface area (TPSA) is 32.3 Å². The fraction of sp³-hybridized carbons (Fsp3) is 0.471. The molecule has 21 heavy (non-hydrogen) atoms. The highest BCUT2D eigenvalue weighted by molar-refractivity contribution is 5.99. The molecule has 4 heteroatoms. The molecule has 3 rings (SSSR count). The van der Waals surface area contributed by atoms with Crippen molar-refractivity contribution in [3.8, 4) is 0 Å². The molecule has 0 aliphatic carbocycles. The largest absolute Gasteiger partial charge is 0.323 e. The third kappa shape index (κ3) is 3.91. The van der Waals surface area contributed by atoms with Gasteiger partial charge in [0.15, 0.2) is 0 Å². The zero-order chi connectivity index (χ0) is 13.9. The van der Waals surface area contributed by atoms with Gasteiger partial charge in [-0.1, -0.05) is 13.0 Å². The molecule has 2 unspecified atom stereocenters. The van der Waals surface area contributed by atoms with Crippen LogP contribution in [-0.4, -0.2) is 30.4 Å². The maximum Gasteiger partial charge on any atom is 0.248 e. The number of rotatable bonds is 2. The van der Waals surface area contributed by atoms with Crippen molar-refractivity contribution >= 4 is 11.6 Å². The summed E-state index contributed by atoms with van der Waals surface area (Å²) in [5.74, 6) is 0.137. The van der Waals surface area contributed by atoms with Crippen LogP contribution in [0.4, 0.5) is 10.1 Å². The van der Waals surface area contributed by atoms with Gasteiger partial charge in [-0.25, -0.2) is 4.39 Å². The van der Waals surface area contributed by atoms with Crippen molar-refractivity contribution in [3.05, 3.63) is 41.7 Å². The predicted octanol–water partition coefficient (Wildman–Crippen LogP) is 3.44. The molecule has 1 aromatic rings. The maximum absolute atomic E-state index is 12.8. The number of nitrogens with zero attached hydrogens (tertiary/aromatic N) is 1. The van der Waals surface area contributed by atoms with Gasteiger partial charge >= 0.3 is 0 Å². The molecule has 0 aromatic heterocycles. The standard InChI is InChI=1S/C16H19FN2O.CH4/c17-14-3-5-15(6-4-14)18-16(20)10-12-7-9-19-8-1-2-13(12)11-19;/h3-6,10,13H,1-2,7-9,11H2,(H,18,20);1H4. The van der Waals surface area contributed by atoms with Crippen LogP contribution >= 0.6 is 0 Å². The van der Waals surface area contributed by atoms with Gasteiger partial charge in [0.25, 0.3) is 0 Å². The summed E-state index contributed by atoms with van der Waals surface area (Å²) < 4.78 is 12.8. The average Bonchev–Trinajstić information content (AvgIpc) is 2.45. The van der Waals surface area contributed by atoms with Gasteiger partial charge in [0.05, 0.1) is 0 Å². The van der Waals surface area contributed by atoms with E-state index >= 15 is 0 Å². The first-order valence-electron chi connectivity index (χ1n) is 7.20. The van der Waals surface area contributed by atoms with Crippen molar-refractivity contribution in [1.82, 2.24) is 4.90 Å². The SMILES string of the molecule is C.O=C(C=C1CCN2CCCC1C2)Nc1ccc(F)cc1. The smallest absolute Gasteiger partial charge is 0.248 e. The van der Waals surface area contributed by atoms with Gasteiger partial charge in [0.1, 0.15) is 5.82 Å². The monoisotopic (exact) mass is 290 g/mol. The lowest BCUT2D eigenvalue weighted by Gasteiger charge is -2.39. The average molecular weight is 290 g/mol. The third-order valence-electron chi connectivity index (χ3n) is 4.17. The molecule has 2 fully saturated rings. The van der Waals surface area contributed by atoms with Gasteiger partial charge in [-0.3, -0.25) is 4.79 Å².